The van der Waals surface area contributed by atoms with Gasteiger partial charge in [-0.2, -0.15) is 4.31 Å². The van der Waals surface area contributed by atoms with Gasteiger partial charge in [0.15, 0.2) is 5.82 Å². The summed E-state index contributed by atoms with van der Waals surface area (Å²) in [7, 11) is -1.47. The average Bonchev–Trinajstić information content (AvgIpc) is 3.25. The van der Waals surface area contributed by atoms with Crippen LogP contribution < -0.4 is 15.0 Å². The van der Waals surface area contributed by atoms with Crippen LogP contribution in [0, 0.1) is 20.8 Å². The summed E-state index contributed by atoms with van der Waals surface area (Å²) in [6.45, 7) is 9.78. The highest BCUT2D eigenvalue weighted by atomic mass is 32.2. The smallest absolute Gasteiger partial charge is 0.213 e. The lowest BCUT2D eigenvalue weighted by molar-refractivity contribution is 0.108. The Morgan fingerprint density at radius 1 is 1.16 bits per heavy atom. The van der Waals surface area contributed by atoms with Crippen LogP contribution in [0.4, 0.5) is 5.82 Å². The lowest BCUT2D eigenvalue weighted by Crippen LogP contribution is -2.49. The molecule has 3 heterocycles. The van der Waals surface area contributed by atoms with Gasteiger partial charge in [-0.3, -0.25) is 0 Å². The van der Waals surface area contributed by atoms with Crippen LogP contribution in [-0.2, 0) is 10.0 Å². The zero-order valence-electron chi connectivity index (χ0n) is 22.6. The van der Waals surface area contributed by atoms with Crippen LogP contribution in [0.2, 0.25) is 0 Å². The van der Waals surface area contributed by atoms with Crippen molar-refractivity contribution in [2.75, 3.05) is 57.0 Å². The van der Waals surface area contributed by atoms with Gasteiger partial charge in [-0.05, 0) is 46.9 Å². The molecule has 0 amide bonds. The van der Waals surface area contributed by atoms with Gasteiger partial charge in [0.05, 0.1) is 22.7 Å². The number of aliphatic hydroxyl groups is 1. The number of hydrogen-bond donors (Lipinski definition) is 2. The molecule has 1 unspecified atom stereocenters. The molecule has 1 atom stereocenters. The van der Waals surface area contributed by atoms with Gasteiger partial charge in [-0.25, -0.2) is 18.4 Å². The number of likely N-dealkylation sites (N-methyl/N-ethyl adjacent to an activating group) is 1. The molecule has 3 aromatic rings. The second kappa shape index (κ2) is 11.8. The largest absolute Gasteiger partial charge is 0.491 e. The van der Waals surface area contributed by atoms with Gasteiger partial charge in [0.25, 0.3) is 0 Å². The number of nitrogens with zero attached hydrogens (tertiary/aromatic N) is 5. The number of aryl methyl sites for hydroxylation is 2. The Balaban J connectivity index is 1.72. The fraction of sp³-hybridized carbons (Fsp3) is 0.500. The highest BCUT2D eigenvalue weighted by molar-refractivity contribution is 7.89. The van der Waals surface area contributed by atoms with Gasteiger partial charge in [-0.1, -0.05) is 17.3 Å². The predicted molar refractivity (Wildman–Crippen MR) is 146 cm³/mol. The van der Waals surface area contributed by atoms with Crippen LogP contribution in [0.1, 0.15) is 23.9 Å². The summed E-state index contributed by atoms with van der Waals surface area (Å²) in [6, 6.07) is 7.45. The summed E-state index contributed by atoms with van der Waals surface area (Å²) < 4.78 is 37.6. The van der Waals surface area contributed by atoms with Crippen molar-refractivity contribution in [1.82, 2.24) is 24.7 Å². The van der Waals surface area contributed by atoms with Gasteiger partial charge in [-0.15, -0.1) is 0 Å². The Morgan fingerprint density at radius 2 is 1.89 bits per heavy atom. The van der Waals surface area contributed by atoms with Crippen LogP contribution in [0.15, 0.2) is 28.8 Å². The van der Waals surface area contributed by atoms with Gasteiger partial charge >= 0.3 is 0 Å². The Bertz CT molecular complexity index is 1350. The summed E-state index contributed by atoms with van der Waals surface area (Å²) in [4.78, 5) is 12.0. The molecular formula is C26H36N6O5S. The number of hydrogen-bond acceptors (Lipinski definition) is 10. The standard InChI is InChI=1S/C26H36N6O5S/c1-6-38(34,35)32-12-10-31(11-13-32)26-17(2)24(23-18(3)30-37-19(23)4)28-25(29-26)20-8-7-9-22(14-20)36-16-21(33)15-27-5/h7-9,14,21,27,33H,6,10-13,15-16H2,1-5H3. The van der Waals surface area contributed by atoms with Crippen molar-refractivity contribution in [2.24, 2.45) is 0 Å². The summed E-state index contributed by atoms with van der Waals surface area (Å²) in [5.41, 5.74) is 3.91. The maximum atomic E-state index is 12.4. The van der Waals surface area contributed by atoms with Crippen molar-refractivity contribution < 1.29 is 22.8 Å². The second-order valence-electron chi connectivity index (χ2n) is 9.38. The van der Waals surface area contributed by atoms with E-state index in [1.807, 2.05) is 45.0 Å². The van der Waals surface area contributed by atoms with Crippen LogP contribution >= 0.6 is 0 Å². The molecule has 206 valence electrons. The van der Waals surface area contributed by atoms with Crippen LogP contribution in [0.5, 0.6) is 5.75 Å². The Hall–Kier alpha value is -3.06. The maximum absolute atomic E-state index is 12.4. The van der Waals surface area contributed by atoms with E-state index in [4.69, 9.17) is 19.2 Å². The minimum atomic E-state index is -3.25. The first kappa shape index (κ1) is 28.0. The minimum Gasteiger partial charge on any atom is -0.491 e. The number of anilines is 1. The number of aromatic nitrogens is 3. The van der Waals surface area contributed by atoms with E-state index in [1.165, 1.54) is 0 Å². The van der Waals surface area contributed by atoms with E-state index in [0.717, 1.165) is 33.9 Å². The minimum absolute atomic E-state index is 0.0876. The quantitative estimate of drug-likeness (QED) is 0.391. The predicted octanol–water partition coefficient (Wildman–Crippen LogP) is 2.15. The number of sulfonamides is 1. The van der Waals surface area contributed by atoms with Gasteiger partial charge in [0.1, 0.15) is 30.0 Å². The highest BCUT2D eigenvalue weighted by Crippen LogP contribution is 2.35. The highest BCUT2D eigenvalue weighted by Gasteiger charge is 2.29. The van der Waals surface area contributed by atoms with Crippen molar-refractivity contribution in [1.29, 1.82) is 0 Å². The summed E-state index contributed by atoms with van der Waals surface area (Å²) >= 11 is 0. The molecule has 38 heavy (non-hydrogen) atoms. The van der Waals surface area contributed by atoms with Crippen molar-refractivity contribution in [2.45, 2.75) is 33.8 Å². The maximum Gasteiger partial charge on any atom is 0.213 e. The Labute approximate surface area is 223 Å². The molecule has 1 fully saturated rings. The molecule has 1 aliphatic heterocycles. The van der Waals surface area contributed by atoms with E-state index in [2.05, 4.69) is 15.4 Å². The lowest BCUT2D eigenvalue weighted by atomic mass is 10.0. The van der Waals surface area contributed by atoms with Crippen LogP contribution in [-0.4, -0.2) is 91.2 Å². The van der Waals surface area contributed by atoms with Gasteiger partial charge in [0.2, 0.25) is 10.0 Å². The summed E-state index contributed by atoms with van der Waals surface area (Å²) in [5.74, 6) is 2.60. The number of benzene rings is 1. The van der Waals surface area contributed by atoms with E-state index in [0.29, 0.717) is 50.1 Å². The molecule has 4 rings (SSSR count). The molecule has 1 aromatic carbocycles. The van der Waals surface area contributed by atoms with E-state index in [1.54, 1.807) is 18.3 Å². The van der Waals surface area contributed by atoms with E-state index < -0.39 is 16.1 Å². The molecule has 1 saturated heterocycles. The molecule has 2 aromatic heterocycles. The zero-order valence-corrected chi connectivity index (χ0v) is 23.4. The van der Waals surface area contributed by atoms with E-state index in [-0.39, 0.29) is 12.4 Å². The Morgan fingerprint density at radius 3 is 2.53 bits per heavy atom. The van der Waals surface area contributed by atoms with Gasteiger partial charge < -0.3 is 24.6 Å². The third-order valence-electron chi connectivity index (χ3n) is 6.66. The lowest BCUT2D eigenvalue weighted by Gasteiger charge is -2.35. The molecule has 0 bridgehead atoms. The number of ether oxygens (including phenoxy) is 1. The number of rotatable bonds is 10. The summed E-state index contributed by atoms with van der Waals surface area (Å²) in [6.07, 6.45) is -0.632. The van der Waals surface area contributed by atoms with Crippen molar-refractivity contribution >= 4 is 15.8 Å². The third-order valence-corrected chi connectivity index (χ3v) is 8.54. The van der Waals surface area contributed by atoms with Crippen molar-refractivity contribution in [3.8, 4) is 28.4 Å². The Kier molecular flexibility index (Phi) is 8.66. The summed E-state index contributed by atoms with van der Waals surface area (Å²) in [5, 5.41) is 17.1. The molecule has 0 aliphatic carbocycles. The molecule has 11 nitrogen and oxygen atoms in total. The second-order valence-corrected chi connectivity index (χ2v) is 11.6. The molecular weight excluding hydrogens is 508 g/mol. The average molecular weight is 545 g/mol. The first-order chi connectivity index (χ1) is 18.1. The third kappa shape index (κ3) is 5.98. The number of aliphatic hydroxyl groups excluding tert-OH is 1. The molecule has 12 heteroatoms. The van der Waals surface area contributed by atoms with Crippen LogP contribution in [0.3, 0.4) is 0 Å². The number of piperazine rings is 1. The molecule has 0 spiro atoms. The topological polar surface area (TPSA) is 134 Å². The van der Waals surface area contributed by atoms with Crippen molar-refractivity contribution in [3.05, 3.63) is 41.3 Å². The first-order valence-electron chi connectivity index (χ1n) is 12.7. The SMILES string of the molecule is CCS(=O)(=O)N1CCN(c2nc(-c3cccc(OCC(O)CNC)c3)nc(-c3c(C)noc3C)c2C)CC1. The van der Waals surface area contributed by atoms with Crippen LogP contribution in [0.25, 0.3) is 22.6 Å². The molecule has 0 saturated carbocycles. The monoisotopic (exact) mass is 544 g/mol. The normalized spacial score (nSPS) is 15.6. The molecule has 2 N–H and O–H groups in total. The fourth-order valence-electron chi connectivity index (χ4n) is 4.58. The van der Waals surface area contributed by atoms with E-state index >= 15 is 0 Å². The number of nitrogens with one attached hydrogen (secondary N) is 1. The van der Waals surface area contributed by atoms with Crippen molar-refractivity contribution in [3.63, 3.8) is 0 Å². The van der Waals surface area contributed by atoms with E-state index in [9.17, 15) is 13.5 Å². The molecule has 1 aliphatic rings. The first-order valence-corrected chi connectivity index (χ1v) is 14.4. The van der Waals surface area contributed by atoms with Gasteiger partial charge in [0, 0.05) is 43.9 Å². The fourth-order valence-corrected chi connectivity index (χ4v) is 5.66. The molecule has 0 radical (unpaired) electrons. The zero-order chi connectivity index (χ0) is 27.4.